The van der Waals surface area contributed by atoms with Gasteiger partial charge in [0.15, 0.2) is 0 Å². The highest BCUT2D eigenvalue weighted by atomic mass is 35.5. The SMILES string of the molecule is CCCCN(CCCl)Cc1cncs1. The molecule has 1 aromatic rings. The number of aromatic nitrogens is 1. The van der Waals surface area contributed by atoms with Crippen molar-refractivity contribution in [1.82, 2.24) is 9.88 Å². The minimum Gasteiger partial charge on any atom is -0.297 e. The Hall–Kier alpha value is -0.120. The van der Waals surface area contributed by atoms with E-state index in [1.165, 1.54) is 17.7 Å². The predicted molar refractivity (Wildman–Crippen MR) is 63.0 cm³/mol. The molecule has 0 aliphatic heterocycles. The summed E-state index contributed by atoms with van der Waals surface area (Å²) in [4.78, 5) is 7.79. The van der Waals surface area contributed by atoms with Crippen LogP contribution in [0.25, 0.3) is 0 Å². The number of thiazole rings is 1. The van der Waals surface area contributed by atoms with Gasteiger partial charge in [-0.1, -0.05) is 13.3 Å². The molecule has 0 bridgehead atoms. The van der Waals surface area contributed by atoms with Crippen molar-refractivity contribution in [3.05, 3.63) is 16.6 Å². The molecule has 1 aromatic heterocycles. The first-order valence-corrected chi connectivity index (χ1v) is 6.44. The summed E-state index contributed by atoms with van der Waals surface area (Å²) in [6, 6.07) is 0. The highest BCUT2D eigenvalue weighted by Gasteiger charge is 2.05. The molecule has 0 radical (unpaired) electrons. The van der Waals surface area contributed by atoms with E-state index in [1.54, 1.807) is 11.3 Å². The van der Waals surface area contributed by atoms with Crippen LogP contribution in [0.15, 0.2) is 11.7 Å². The number of nitrogens with zero attached hydrogens (tertiary/aromatic N) is 2. The normalized spacial score (nSPS) is 11.1. The molecule has 0 saturated heterocycles. The molecular formula is C10H17ClN2S. The molecule has 0 aliphatic carbocycles. The third-order valence-electron chi connectivity index (χ3n) is 2.09. The van der Waals surface area contributed by atoms with Gasteiger partial charge in [-0.05, 0) is 13.0 Å². The van der Waals surface area contributed by atoms with Crippen LogP contribution in [0.2, 0.25) is 0 Å². The van der Waals surface area contributed by atoms with E-state index in [0.29, 0.717) is 5.88 Å². The zero-order valence-corrected chi connectivity index (χ0v) is 10.2. The van der Waals surface area contributed by atoms with Crippen molar-refractivity contribution in [2.45, 2.75) is 26.3 Å². The fraction of sp³-hybridized carbons (Fsp3) is 0.700. The predicted octanol–water partition coefficient (Wildman–Crippen LogP) is 2.98. The van der Waals surface area contributed by atoms with Gasteiger partial charge >= 0.3 is 0 Å². The van der Waals surface area contributed by atoms with Crippen molar-refractivity contribution in [3.63, 3.8) is 0 Å². The molecule has 80 valence electrons. The van der Waals surface area contributed by atoms with Crippen LogP contribution in [-0.4, -0.2) is 28.9 Å². The second-order valence-electron chi connectivity index (χ2n) is 3.29. The summed E-state index contributed by atoms with van der Waals surface area (Å²) in [5.74, 6) is 0.711. The molecule has 0 spiro atoms. The average molecular weight is 233 g/mol. The molecule has 0 atom stereocenters. The van der Waals surface area contributed by atoms with Gasteiger partial charge in [-0.3, -0.25) is 9.88 Å². The molecule has 0 aliphatic rings. The van der Waals surface area contributed by atoms with Gasteiger partial charge in [-0.2, -0.15) is 0 Å². The molecule has 1 heterocycles. The third kappa shape index (κ3) is 4.40. The van der Waals surface area contributed by atoms with Crippen molar-refractivity contribution in [2.24, 2.45) is 0 Å². The Morgan fingerprint density at radius 3 is 2.93 bits per heavy atom. The standard InChI is InChI=1S/C10H17ClN2S/c1-2-3-5-13(6-4-11)8-10-7-12-9-14-10/h7,9H,2-6,8H2,1H3. The maximum Gasteiger partial charge on any atom is 0.0794 e. The lowest BCUT2D eigenvalue weighted by molar-refractivity contribution is 0.279. The van der Waals surface area contributed by atoms with E-state index in [1.807, 2.05) is 11.7 Å². The van der Waals surface area contributed by atoms with Crippen LogP contribution >= 0.6 is 22.9 Å². The molecule has 14 heavy (non-hydrogen) atoms. The number of alkyl halides is 1. The molecule has 0 N–H and O–H groups in total. The zero-order valence-electron chi connectivity index (χ0n) is 8.58. The van der Waals surface area contributed by atoms with E-state index in [-0.39, 0.29) is 0 Å². The Bertz CT molecular complexity index is 226. The van der Waals surface area contributed by atoms with Gasteiger partial charge in [0.25, 0.3) is 0 Å². The second kappa shape index (κ2) is 7.21. The summed E-state index contributed by atoms with van der Waals surface area (Å²) in [5.41, 5.74) is 1.88. The molecule has 0 fully saturated rings. The summed E-state index contributed by atoms with van der Waals surface area (Å²) in [6.07, 6.45) is 4.43. The van der Waals surface area contributed by atoms with Gasteiger partial charge < -0.3 is 0 Å². The number of rotatable bonds is 7. The molecule has 2 nitrogen and oxygen atoms in total. The minimum atomic E-state index is 0.711. The smallest absolute Gasteiger partial charge is 0.0794 e. The third-order valence-corrected chi connectivity index (χ3v) is 3.02. The average Bonchev–Trinajstić information content (AvgIpc) is 2.67. The molecular weight excluding hydrogens is 216 g/mol. The van der Waals surface area contributed by atoms with Crippen molar-refractivity contribution in [2.75, 3.05) is 19.0 Å². The van der Waals surface area contributed by atoms with Crippen LogP contribution in [-0.2, 0) is 6.54 Å². The molecule has 0 unspecified atom stereocenters. The summed E-state index contributed by atoms with van der Waals surface area (Å²) in [7, 11) is 0. The maximum atomic E-state index is 5.76. The summed E-state index contributed by atoms with van der Waals surface area (Å²) < 4.78 is 0. The molecule has 0 aromatic carbocycles. The fourth-order valence-corrected chi connectivity index (χ4v) is 2.19. The van der Waals surface area contributed by atoms with Crippen LogP contribution in [0, 0.1) is 0 Å². The Morgan fingerprint density at radius 1 is 1.50 bits per heavy atom. The number of hydrogen-bond donors (Lipinski definition) is 0. The van der Waals surface area contributed by atoms with Crippen LogP contribution in [0.4, 0.5) is 0 Å². The Labute approximate surface area is 94.9 Å². The first kappa shape index (κ1) is 12.0. The number of unbranched alkanes of at least 4 members (excludes halogenated alkanes) is 1. The molecule has 1 rings (SSSR count). The molecule has 0 saturated carbocycles. The van der Waals surface area contributed by atoms with Crippen LogP contribution in [0.3, 0.4) is 0 Å². The lowest BCUT2D eigenvalue weighted by Gasteiger charge is -2.19. The van der Waals surface area contributed by atoms with E-state index in [2.05, 4.69) is 16.8 Å². The largest absolute Gasteiger partial charge is 0.297 e. The second-order valence-corrected chi connectivity index (χ2v) is 4.64. The monoisotopic (exact) mass is 232 g/mol. The van der Waals surface area contributed by atoms with Gasteiger partial charge in [0, 0.05) is 30.0 Å². The van der Waals surface area contributed by atoms with Crippen molar-refractivity contribution >= 4 is 22.9 Å². The Balaban J connectivity index is 2.34. The Kier molecular flexibility index (Phi) is 6.15. The molecule has 0 amide bonds. The van der Waals surface area contributed by atoms with Crippen LogP contribution in [0.1, 0.15) is 24.6 Å². The highest BCUT2D eigenvalue weighted by Crippen LogP contribution is 2.10. The topological polar surface area (TPSA) is 16.1 Å². The summed E-state index contributed by atoms with van der Waals surface area (Å²) in [6.45, 7) is 5.32. The Morgan fingerprint density at radius 2 is 2.36 bits per heavy atom. The van der Waals surface area contributed by atoms with E-state index < -0.39 is 0 Å². The van der Waals surface area contributed by atoms with E-state index >= 15 is 0 Å². The zero-order chi connectivity index (χ0) is 10.2. The summed E-state index contributed by atoms with van der Waals surface area (Å²) >= 11 is 7.48. The summed E-state index contributed by atoms with van der Waals surface area (Å²) in [5, 5.41) is 0. The first-order chi connectivity index (χ1) is 6.86. The van der Waals surface area contributed by atoms with Crippen molar-refractivity contribution in [3.8, 4) is 0 Å². The fourth-order valence-electron chi connectivity index (χ4n) is 1.31. The van der Waals surface area contributed by atoms with E-state index in [4.69, 9.17) is 11.6 Å². The van der Waals surface area contributed by atoms with Crippen LogP contribution < -0.4 is 0 Å². The van der Waals surface area contributed by atoms with Gasteiger partial charge in [0.2, 0.25) is 0 Å². The molecule has 4 heteroatoms. The van der Waals surface area contributed by atoms with Gasteiger partial charge in [0.1, 0.15) is 0 Å². The van der Waals surface area contributed by atoms with Crippen molar-refractivity contribution in [1.29, 1.82) is 0 Å². The van der Waals surface area contributed by atoms with E-state index in [9.17, 15) is 0 Å². The quantitative estimate of drug-likeness (QED) is 0.672. The van der Waals surface area contributed by atoms with Gasteiger partial charge in [-0.15, -0.1) is 22.9 Å². The highest BCUT2D eigenvalue weighted by molar-refractivity contribution is 7.09. The first-order valence-electron chi connectivity index (χ1n) is 5.02. The van der Waals surface area contributed by atoms with Gasteiger partial charge in [0.05, 0.1) is 5.51 Å². The van der Waals surface area contributed by atoms with E-state index in [0.717, 1.165) is 19.6 Å². The van der Waals surface area contributed by atoms with Gasteiger partial charge in [-0.25, -0.2) is 0 Å². The lowest BCUT2D eigenvalue weighted by atomic mass is 10.3. The number of hydrogen-bond acceptors (Lipinski definition) is 3. The lowest BCUT2D eigenvalue weighted by Crippen LogP contribution is -2.26. The maximum absolute atomic E-state index is 5.76. The number of halogens is 1. The van der Waals surface area contributed by atoms with Crippen LogP contribution in [0.5, 0.6) is 0 Å². The van der Waals surface area contributed by atoms with Crippen molar-refractivity contribution < 1.29 is 0 Å². The minimum absolute atomic E-state index is 0.711.